The van der Waals surface area contributed by atoms with Gasteiger partial charge in [-0.1, -0.05) is 37.3 Å². The van der Waals surface area contributed by atoms with E-state index in [0.29, 0.717) is 25.6 Å². The van der Waals surface area contributed by atoms with Gasteiger partial charge in [0.2, 0.25) is 10.0 Å². The van der Waals surface area contributed by atoms with Crippen LogP contribution in [0.15, 0.2) is 30.3 Å². The lowest BCUT2D eigenvalue weighted by molar-refractivity contribution is 0.0122. The lowest BCUT2D eigenvalue weighted by Crippen LogP contribution is -2.47. The Labute approximate surface area is 125 Å². The maximum Gasteiger partial charge on any atom is 0.214 e. The second-order valence-corrected chi connectivity index (χ2v) is 7.42. The molecular weight excluding hydrogens is 298 g/mol. The molecule has 0 amide bonds. The summed E-state index contributed by atoms with van der Waals surface area (Å²) < 4.78 is 31.8. The topological polar surface area (TPSA) is 46.6 Å². The number of hydrogen-bond donors (Lipinski definition) is 0. The van der Waals surface area contributed by atoms with E-state index in [1.54, 1.807) is 0 Å². The minimum atomic E-state index is -3.28. The van der Waals surface area contributed by atoms with Crippen molar-refractivity contribution in [2.24, 2.45) is 0 Å². The molecule has 1 aromatic carbocycles. The van der Waals surface area contributed by atoms with Crippen LogP contribution in [0.1, 0.15) is 18.4 Å². The number of benzene rings is 1. The molecule has 1 aromatic rings. The van der Waals surface area contributed by atoms with Gasteiger partial charge < -0.3 is 4.74 Å². The third-order valence-electron chi connectivity index (χ3n) is 3.50. The lowest BCUT2D eigenvalue weighted by atomic mass is 10.0. The van der Waals surface area contributed by atoms with Gasteiger partial charge in [-0.2, -0.15) is 4.31 Å². The SMILES string of the molecule is CC(CS(=O)(=O)N1CCOC(CCl)C1)c1ccccc1. The third kappa shape index (κ3) is 3.95. The van der Waals surface area contributed by atoms with Gasteiger partial charge in [-0.15, -0.1) is 11.6 Å². The first kappa shape index (κ1) is 15.8. The molecule has 0 saturated carbocycles. The summed E-state index contributed by atoms with van der Waals surface area (Å²) in [4.78, 5) is 0. The van der Waals surface area contributed by atoms with Crippen LogP contribution in [0.5, 0.6) is 0 Å². The molecule has 1 heterocycles. The average molecular weight is 318 g/mol. The highest BCUT2D eigenvalue weighted by atomic mass is 35.5. The Balaban J connectivity index is 2.03. The second kappa shape index (κ2) is 6.89. The van der Waals surface area contributed by atoms with E-state index in [1.807, 2.05) is 37.3 Å². The van der Waals surface area contributed by atoms with Gasteiger partial charge in [-0.05, 0) is 11.5 Å². The van der Waals surface area contributed by atoms with E-state index in [2.05, 4.69) is 0 Å². The molecular formula is C14H20ClNO3S. The largest absolute Gasteiger partial charge is 0.374 e. The Morgan fingerprint density at radius 3 is 2.75 bits per heavy atom. The number of ether oxygens (including phenoxy) is 1. The van der Waals surface area contributed by atoms with E-state index >= 15 is 0 Å². The van der Waals surface area contributed by atoms with Crippen molar-refractivity contribution in [3.8, 4) is 0 Å². The molecule has 0 spiro atoms. The molecule has 2 atom stereocenters. The van der Waals surface area contributed by atoms with Gasteiger partial charge in [0.1, 0.15) is 0 Å². The van der Waals surface area contributed by atoms with Gasteiger partial charge in [0.05, 0.1) is 18.5 Å². The highest BCUT2D eigenvalue weighted by Crippen LogP contribution is 2.20. The van der Waals surface area contributed by atoms with Gasteiger partial charge in [-0.25, -0.2) is 8.42 Å². The Bertz CT molecular complexity index is 520. The Morgan fingerprint density at radius 2 is 2.10 bits per heavy atom. The fourth-order valence-electron chi connectivity index (χ4n) is 2.34. The molecule has 1 fully saturated rings. The molecule has 2 unspecified atom stereocenters. The summed E-state index contributed by atoms with van der Waals surface area (Å²) in [6.07, 6.45) is -0.202. The molecule has 0 N–H and O–H groups in total. The predicted octanol–water partition coefficient (Wildman–Crippen LogP) is 2.06. The van der Waals surface area contributed by atoms with E-state index in [1.165, 1.54) is 4.31 Å². The van der Waals surface area contributed by atoms with Crippen molar-refractivity contribution < 1.29 is 13.2 Å². The number of nitrogens with zero attached hydrogens (tertiary/aromatic N) is 1. The summed E-state index contributed by atoms with van der Waals surface area (Å²) in [6.45, 7) is 3.12. The molecule has 6 heteroatoms. The van der Waals surface area contributed by atoms with Crippen LogP contribution in [0.2, 0.25) is 0 Å². The summed E-state index contributed by atoms with van der Waals surface area (Å²) in [6, 6.07) is 9.70. The highest BCUT2D eigenvalue weighted by molar-refractivity contribution is 7.89. The fraction of sp³-hybridized carbons (Fsp3) is 0.571. The highest BCUT2D eigenvalue weighted by Gasteiger charge is 2.30. The normalized spacial score (nSPS) is 22.6. The van der Waals surface area contributed by atoms with Crippen LogP contribution < -0.4 is 0 Å². The quantitative estimate of drug-likeness (QED) is 0.781. The first-order valence-corrected chi connectivity index (χ1v) is 8.87. The summed E-state index contributed by atoms with van der Waals surface area (Å²) in [7, 11) is -3.28. The molecule has 20 heavy (non-hydrogen) atoms. The molecule has 0 radical (unpaired) electrons. The second-order valence-electron chi connectivity index (χ2n) is 5.10. The summed E-state index contributed by atoms with van der Waals surface area (Å²) in [5, 5.41) is 0. The lowest BCUT2D eigenvalue weighted by Gasteiger charge is -2.32. The molecule has 1 aliphatic heterocycles. The van der Waals surface area contributed by atoms with Crippen molar-refractivity contribution >= 4 is 21.6 Å². The maximum atomic E-state index is 12.5. The molecule has 0 bridgehead atoms. The first-order valence-electron chi connectivity index (χ1n) is 6.73. The summed E-state index contributed by atoms with van der Waals surface area (Å²) >= 11 is 5.75. The molecule has 1 saturated heterocycles. The molecule has 1 aliphatic rings. The maximum absolute atomic E-state index is 12.5. The standard InChI is InChI=1S/C14H20ClNO3S/c1-12(13-5-3-2-4-6-13)11-20(17,18)16-7-8-19-14(9-15)10-16/h2-6,12,14H,7-11H2,1H3. The summed E-state index contributed by atoms with van der Waals surface area (Å²) in [5.41, 5.74) is 1.04. The third-order valence-corrected chi connectivity index (χ3v) is 5.88. The van der Waals surface area contributed by atoms with Crippen molar-refractivity contribution in [1.82, 2.24) is 4.31 Å². The number of hydrogen-bond acceptors (Lipinski definition) is 3. The predicted molar refractivity (Wildman–Crippen MR) is 80.7 cm³/mol. The van der Waals surface area contributed by atoms with Crippen LogP contribution in [0.3, 0.4) is 0 Å². The van der Waals surface area contributed by atoms with Gasteiger partial charge in [0.15, 0.2) is 0 Å². The monoisotopic (exact) mass is 317 g/mol. The van der Waals surface area contributed by atoms with Crippen molar-refractivity contribution in [3.05, 3.63) is 35.9 Å². The molecule has 0 aliphatic carbocycles. The number of rotatable bonds is 5. The zero-order chi connectivity index (χ0) is 14.6. The van der Waals surface area contributed by atoms with Crippen LogP contribution in [0.25, 0.3) is 0 Å². The zero-order valence-electron chi connectivity index (χ0n) is 11.5. The van der Waals surface area contributed by atoms with Crippen LogP contribution in [0, 0.1) is 0 Å². The van der Waals surface area contributed by atoms with Gasteiger partial charge >= 0.3 is 0 Å². The fourth-order valence-corrected chi connectivity index (χ4v) is 4.31. The minimum Gasteiger partial charge on any atom is -0.374 e. The number of morpholine rings is 1. The minimum absolute atomic E-state index is 0.0292. The van der Waals surface area contributed by atoms with Crippen LogP contribution in [-0.4, -0.2) is 50.2 Å². The Morgan fingerprint density at radius 1 is 1.40 bits per heavy atom. The van der Waals surface area contributed by atoms with E-state index in [4.69, 9.17) is 16.3 Å². The smallest absolute Gasteiger partial charge is 0.214 e. The van der Waals surface area contributed by atoms with Crippen LogP contribution >= 0.6 is 11.6 Å². The van der Waals surface area contributed by atoms with E-state index in [-0.39, 0.29) is 17.8 Å². The van der Waals surface area contributed by atoms with Crippen molar-refractivity contribution in [2.75, 3.05) is 31.3 Å². The van der Waals surface area contributed by atoms with E-state index < -0.39 is 10.0 Å². The van der Waals surface area contributed by atoms with Crippen molar-refractivity contribution in [3.63, 3.8) is 0 Å². The van der Waals surface area contributed by atoms with Gasteiger partial charge in [0, 0.05) is 19.0 Å². The van der Waals surface area contributed by atoms with Crippen molar-refractivity contribution in [2.45, 2.75) is 18.9 Å². The number of alkyl halides is 1. The molecule has 112 valence electrons. The van der Waals surface area contributed by atoms with Gasteiger partial charge in [-0.3, -0.25) is 0 Å². The molecule has 2 rings (SSSR count). The zero-order valence-corrected chi connectivity index (χ0v) is 13.1. The van der Waals surface area contributed by atoms with Crippen LogP contribution in [0.4, 0.5) is 0 Å². The first-order chi connectivity index (χ1) is 9.53. The van der Waals surface area contributed by atoms with Gasteiger partial charge in [0.25, 0.3) is 0 Å². The van der Waals surface area contributed by atoms with E-state index in [9.17, 15) is 8.42 Å². The van der Waals surface area contributed by atoms with Crippen LogP contribution in [-0.2, 0) is 14.8 Å². The Hall–Kier alpha value is -0.620. The van der Waals surface area contributed by atoms with E-state index in [0.717, 1.165) is 5.56 Å². The van der Waals surface area contributed by atoms with Crippen molar-refractivity contribution in [1.29, 1.82) is 0 Å². The average Bonchev–Trinajstić information content (AvgIpc) is 2.48. The summed E-state index contributed by atoms with van der Waals surface area (Å²) in [5.74, 6) is 0.408. The number of sulfonamides is 1. The molecule has 0 aromatic heterocycles. The number of halogens is 1. The Kier molecular flexibility index (Phi) is 5.43. The molecule has 4 nitrogen and oxygen atoms in total.